The van der Waals surface area contributed by atoms with Gasteiger partial charge in [0.15, 0.2) is 16.3 Å². The van der Waals surface area contributed by atoms with Crippen molar-refractivity contribution in [3.05, 3.63) is 47.3 Å². The number of carbonyl (C=O) groups is 2. The van der Waals surface area contributed by atoms with Crippen LogP contribution >= 0.6 is 11.3 Å². The minimum absolute atomic E-state index is 0.00261. The monoisotopic (exact) mass is 491 g/mol. The molecule has 0 aliphatic carbocycles. The van der Waals surface area contributed by atoms with Crippen molar-refractivity contribution in [1.82, 2.24) is 4.57 Å². The van der Waals surface area contributed by atoms with E-state index in [4.69, 9.17) is 19.3 Å². The molecule has 12 heteroatoms. The Labute approximate surface area is 193 Å². The first kappa shape index (κ1) is 23.0. The number of hydrogen-bond donors (Lipinski definition) is 1. The number of primary sulfonamides is 1. The van der Waals surface area contributed by atoms with Crippen LogP contribution in [-0.4, -0.2) is 44.2 Å². The number of fused-ring (bicyclic) bond motifs is 2. The van der Waals surface area contributed by atoms with Gasteiger partial charge in [-0.15, -0.1) is 0 Å². The number of para-hydroxylation sites is 2. The predicted octanol–water partition coefficient (Wildman–Crippen LogP) is 1.57. The average molecular weight is 492 g/mol. The number of aromatic nitrogens is 1. The molecule has 1 aliphatic heterocycles. The molecule has 0 saturated carbocycles. The molecule has 1 aromatic heterocycles. The average Bonchev–Trinajstić information content (AvgIpc) is 3.13. The van der Waals surface area contributed by atoms with E-state index in [0.29, 0.717) is 21.7 Å². The summed E-state index contributed by atoms with van der Waals surface area (Å²) >= 11 is 1.10. The molecule has 174 valence electrons. The Morgan fingerprint density at radius 3 is 2.73 bits per heavy atom. The van der Waals surface area contributed by atoms with Crippen molar-refractivity contribution in [3.63, 3.8) is 0 Å². The van der Waals surface area contributed by atoms with Crippen molar-refractivity contribution in [3.8, 4) is 11.5 Å². The highest BCUT2D eigenvalue weighted by Crippen LogP contribution is 2.31. The summed E-state index contributed by atoms with van der Waals surface area (Å²) in [5, 5.41) is 5.24. The highest BCUT2D eigenvalue weighted by molar-refractivity contribution is 7.89. The van der Waals surface area contributed by atoms with Crippen molar-refractivity contribution in [1.29, 1.82) is 0 Å². The number of esters is 1. The van der Waals surface area contributed by atoms with Crippen molar-refractivity contribution >= 4 is 43.5 Å². The highest BCUT2D eigenvalue weighted by Gasteiger charge is 2.27. The maximum atomic E-state index is 12.9. The lowest BCUT2D eigenvalue weighted by molar-refractivity contribution is -0.143. The van der Waals surface area contributed by atoms with Crippen LogP contribution in [0.15, 0.2) is 52.4 Å². The van der Waals surface area contributed by atoms with E-state index in [0.717, 1.165) is 11.3 Å². The number of carbonyl (C=O) groups excluding carboxylic acids is 2. The van der Waals surface area contributed by atoms with E-state index in [1.807, 2.05) is 0 Å². The lowest BCUT2D eigenvalue weighted by Gasteiger charge is -2.23. The number of thiazole rings is 1. The van der Waals surface area contributed by atoms with Crippen molar-refractivity contribution < 1.29 is 32.2 Å². The standard InChI is InChI=1S/C21H21N3O7S2/c1-2-29-19(25)9-10-24-14-8-7-13(33(22,27)28)11-18(14)32-21(24)23-20(26)17-12-30-15-5-3-4-6-16(15)31-17/h3-8,11,17H,2,9-10,12H2,1H3,(H2,22,27,28). The highest BCUT2D eigenvalue weighted by atomic mass is 32.2. The molecule has 1 aliphatic rings. The number of aryl methyl sites for hydroxylation is 1. The van der Waals surface area contributed by atoms with Gasteiger partial charge in [-0.3, -0.25) is 9.59 Å². The van der Waals surface area contributed by atoms with Crippen molar-refractivity contribution in [2.45, 2.75) is 30.9 Å². The topological polar surface area (TPSA) is 139 Å². The maximum Gasteiger partial charge on any atom is 0.307 e. The molecule has 0 saturated heterocycles. The number of hydrogen-bond acceptors (Lipinski definition) is 8. The van der Waals surface area contributed by atoms with Gasteiger partial charge in [0.25, 0.3) is 5.91 Å². The van der Waals surface area contributed by atoms with E-state index >= 15 is 0 Å². The molecule has 4 rings (SSSR count). The molecule has 3 aromatic rings. The Bertz CT molecular complexity index is 1390. The van der Waals surface area contributed by atoms with Gasteiger partial charge >= 0.3 is 5.97 Å². The molecule has 2 aromatic carbocycles. The molecule has 1 atom stereocenters. The lowest BCUT2D eigenvalue weighted by Crippen LogP contribution is -2.36. The summed E-state index contributed by atoms with van der Waals surface area (Å²) in [6, 6.07) is 11.4. The van der Waals surface area contributed by atoms with Crippen LogP contribution in [0.5, 0.6) is 11.5 Å². The number of ether oxygens (including phenoxy) is 3. The molecule has 0 bridgehead atoms. The fourth-order valence-corrected chi connectivity index (χ4v) is 4.99. The molecule has 0 radical (unpaired) electrons. The molecule has 2 heterocycles. The quantitative estimate of drug-likeness (QED) is 0.516. The number of nitrogens with zero attached hydrogens (tertiary/aromatic N) is 2. The van der Waals surface area contributed by atoms with Gasteiger partial charge in [0.2, 0.25) is 16.1 Å². The summed E-state index contributed by atoms with van der Waals surface area (Å²) in [6.45, 7) is 2.15. The Balaban J connectivity index is 1.71. The van der Waals surface area contributed by atoms with Crippen LogP contribution in [0.1, 0.15) is 13.3 Å². The number of nitrogens with two attached hydrogens (primary N) is 1. The maximum absolute atomic E-state index is 12.9. The molecule has 33 heavy (non-hydrogen) atoms. The Morgan fingerprint density at radius 2 is 2.00 bits per heavy atom. The van der Waals surface area contributed by atoms with Crippen molar-refractivity contribution in [2.24, 2.45) is 10.1 Å². The third-order valence-corrected chi connectivity index (χ3v) is 6.77. The molecule has 2 N–H and O–H groups in total. The molecular weight excluding hydrogens is 470 g/mol. The van der Waals surface area contributed by atoms with Crippen LogP contribution in [0.3, 0.4) is 0 Å². The first-order valence-corrected chi connectivity index (χ1v) is 12.4. The molecule has 0 spiro atoms. The van der Waals surface area contributed by atoms with E-state index in [9.17, 15) is 18.0 Å². The largest absolute Gasteiger partial charge is 0.485 e. The number of sulfonamides is 1. The van der Waals surface area contributed by atoms with Gasteiger partial charge in [-0.1, -0.05) is 23.5 Å². The van der Waals surface area contributed by atoms with Gasteiger partial charge < -0.3 is 18.8 Å². The van der Waals surface area contributed by atoms with Gasteiger partial charge in [-0.05, 0) is 37.3 Å². The zero-order chi connectivity index (χ0) is 23.6. The van der Waals surface area contributed by atoms with E-state index in [1.54, 1.807) is 41.8 Å². The first-order valence-electron chi connectivity index (χ1n) is 10.0. The summed E-state index contributed by atoms with van der Waals surface area (Å²) < 4.78 is 42.0. The van der Waals surface area contributed by atoms with Crippen LogP contribution in [0, 0.1) is 0 Å². The normalized spacial score (nSPS) is 16.1. The molecule has 1 unspecified atom stereocenters. The van der Waals surface area contributed by atoms with Crippen molar-refractivity contribution in [2.75, 3.05) is 13.2 Å². The summed E-state index contributed by atoms with van der Waals surface area (Å²) in [5.74, 6) is 0.0288. The van der Waals surface area contributed by atoms with Gasteiger partial charge in [0.1, 0.15) is 6.61 Å². The zero-order valence-electron chi connectivity index (χ0n) is 17.6. The van der Waals surface area contributed by atoms with E-state index in [-0.39, 0.29) is 35.9 Å². The van der Waals surface area contributed by atoms with E-state index < -0.39 is 28.0 Å². The minimum Gasteiger partial charge on any atom is -0.485 e. The number of rotatable bonds is 6. The Kier molecular flexibility index (Phi) is 6.49. The summed E-state index contributed by atoms with van der Waals surface area (Å²) in [4.78, 5) is 29.2. The SMILES string of the molecule is CCOC(=O)CCn1c(=NC(=O)C2COc3ccccc3O2)sc2cc(S(N)(=O)=O)ccc21. The summed E-state index contributed by atoms with van der Waals surface area (Å²) in [6.07, 6.45) is -0.891. The van der Waals surface area contributed by atoms with E-state index in [1.165, 1.54) is 12.1 Å². The fraction of sp³-hybridized carbons (Fsp3) is 0.286. The first-order chi connectivity index (χ1) is 15.8. The van der Waals surface area contributed by atoms with Gasteiger partial charge in [-0.2, -0.15) is 4.99 Å². The zero-order valence-corrected chi connectivity index (χ0v) is 19.2. The Morgan fingerprint density at radius 1 is 1.24 bits per heavy atom. The Hall–Kier alpha value is -3.22. The predicted molar refractivity (Wildman–Crippen MR) is 119 cm³/mol. The molecule has 10 nitrogen and oxygen atoms in total. The fourth-order valence-electron chi connectivity index (χ4n) is 3.28. The van der Waals surface area contributed by atoms with Crippen LogP contribution in [-0.2, 0) is 30.9 Å². The van der Waals surface area contributed by atoms with Gasteiger partial charge in [-0.25, -0.2) is 13.6 Å². The van der Waals surface area contributed by atoms with Gasteiger partial charge in [0, 0.05) is 6.54 Å². The summed E-state index contributed by atoms with van der Waals surface area (Å²) in [7, 11) is -3.91. The van der Waals surface area contributed by atoms with Crippen LogP contribution in [0.4, 0.5) is 0 Å². The second-order valence-electron chi connectivity index (χ2n) is 7.08. The van der Waals surface area contributed by atoms with Crippen LogP contribution in [0.25, 0.3) is 10.2 Å². The van der Waals surface area contributed by atoms with Gasteiger partial charge in [0.05, 0.1) is 28.1 Å². The molecule has 0 fully saturated rings. The number of amides is 1. The third kappa shape index (κ3) is 5.07. The third-order valence-electron chi connectivity index (χ3n) is 4.82. The van der Waals surface area contributed by atoms with Crippen LogP contribution in [0.2, 0.25) is 0 Å². The second kappa shape index (κ2) is 9.33. The summed E-state index contributed by atoms with van der Waals surface area (Å²) in [5.41, 5.74) is 0.606. The minimum atomic E-state index is -3.91. The smallest absolute Gasteiger partial charge is 0.307 e. The second-order valence-corrected chi connectivity index (χ2v) is 9.65. The molecule has 1 amide bonds. The van der Waals surface area contributed by atoms with E-state index in [2.05, 4.69) is 4.99 Å². The molecular formula is C21H21N3O7S2. The number of benzene rings is 2. The van der Waals surface area contributed by atoms with Crippen LogP contribution < -0.4 is 19.4 Å². The lowest BCUT2D eigenvalue weighted by atomic mass is 10.2.